The Balaban J connectivity index is 2.30. The Kier molecular flexibility index (Phi) is 6.87. The highest BCUT2D eigenvalue weighted by Crippen LogP contribution is 2.12. The second kappa shape index (κ2) is 8.53. The number of hydrogen-bond donors (Lipinski definition) is 1. The average molecular weight is 251 g/mol. The van der Waals surface area contributed by atoms with Crippen molar-refractivity contribution in [3.05, 3.63) is 29.8 Å². The third-order valence-corrected chi connectivity index (χ3v) is 2.45. The molecule has 1 rings (SSSR count). The van der Waals surface area contributed by atoms with Crippen molar-refractivity contribution in [2.45, 2.75) is 19.8 Å². The van der Waals surface area contributed by atoms with Crippen molar-refractivity contribution in [2.24, 2.45) is 0 Å². The predicted molar refractivity (Wildman–Crippen MR) is 70.8 cm³/mol. The molecule has 1 N–H and O–H groups in total. The van der Waals surface area contributed by atoms with E-state index in [4.69, 9.17) is 9.47 Å². The molecule has 0 aliphatic carbocycles. The Hall–Kier alpha value is -1.55. The number of nitrogens with one attached hydrogen (secondary N) is 1. The fourth-order valence-corrected chi connectivity index (χ4v) is 1.56. The van der Waals surface area contributed by atoms with Crippen LogP contribution >= 0.6 is 0 Å². The Bertz CT molecular complexity index is 349. The van der Waals surface area contributed by atoms with Gasteiger partial charge in [0.2, 0.25) is 5.91 Å². The summed E-state index contributed by atoms with van der Waals surface area (Å²) in [5.41, 5.74) is 0.989. The monoisotopic (exact) mass is 251 g/mol. The summed E-state index contributed by atoms with van der Waals surface area (Å²) in [6.45, 7) is 3.92. The van der Waals surface area contributed by atoms with Gasteiger partial charge in [0, 0.05) is 20.3 Å². The summed E-state index contributed by atoms with van der Waals surface area (Å²) in [7, 11) is 1.65. The molecule has 1 aromatic carbocycles. The Morgan fingerprint density at radius 3 is 2.61 bits per heavy atom. The van der Waals surface area contributed by atoms with Crippen LogP contribution in [0.25, 0.3) is 0 Å². The Morgan fingerprint density at radius 1 is 1.28 bits per heavy atom. The Morgan fingerprint density at radius 2 is 2.00 bits per heavy atom. The topological polar surface area (TPSA) is 47.6 Å². The molecule has 0 aliphatic rings. The van der Waals surface area contributed by atoms with E-state index in [-0.39, 0.29) is 5.91 Å². The fraction of sp³-hybridized carbons (Fsp3) is 0.500. The first-order valence-corrected chi connectivity index (χ1v) is 6.23. The molecular weight excluding hydrogens is 230 g/mol. The van der Waals surface area contributed by atoms with E-state index in [1.165, 1.54) is 0 Å². The average Bonchev–Trinajstić information content (AvgIpc) is 2.37. The van der Waals surface area contributed by atoms with Gasteiger partial charge in [0.05, 0.1) is 13.0 Å². The maximum atomic E-state index is 11.6. The number of amides is 1. The lowest BCUT2D eigenvalue weighted by atomic mass is 10.1. The summed E-state index contributed by atoms with van der Waals surface area (Å²) in [5.74, 6) is 0.872. The molecule has 1 aromatic rings. The van der Waals surface area contributed by atoms with Crippen molar-refractivity contribution in [1.29, 1.82) is 0 Å². The van der Waals surface area contributed by atoms with Crippen LogP contribution in [0.1, 0.15) is 18.9 Å². The van der Waals surface area contributed by atoms with Crippen LogP contribution in [0.3, 0.4) is 0 Å². The van der Waals surface area contributed by atoms with E-state index in [2.05, 4.69) is 5.32 Å². The van der Waals surface area contributed by atoms with E-state index in [0.717, 1.165) is 17.7 Å². The minimum Gasteiger partial charge on any atom is -0.494 e. The molecule has 0 saturated heterocycles. The number of rotatable bonds is 8. The molecule has 1 amide bonds. The highest BCUT2D eigenvalue weighted by atomic mass is 16.5. The number of carbonyl (C=O) groups is 1. The molecule has 0 heterocycles. The first-order valence-electron chi connectivity index (χ1n) is 6.23. The molecule has 0 unspecified atom stereocenters. The lowest BCUT2D eigenvalue weighted by Crippen LogP contribution is -2.26. The Labute approximate surface area is 108 Å². The molecule has 0 aromatic heterocycles. The molecule has 0 saturated carbocycles. The molecule has 100 valence electrons. The zero-order valence-electron chi connectivity index (χ0n) is 11.1. The summed E-state index contributed by atoms with van der Waals surface area (Å²) in [4.78, 5) is 11.6. The number of ether oxygens (including phenoxy) is 2. The number of carbonyl (C=O) groups excluding carboxylic acids is 1. The maximum Gasteiger partial charge on any atom is 0.224 e. The fourth-order valence-electron chi connectivity index (χ4n) is 1.56. The van der Waals surface area contributed by atoms with Crippen molar-refractivity contribution in [3.63, 3.8) is 0 Å². The molecule has 0 spiro atoms. The highest BCUT2D eigenvalue weighted by Gasteiger charge is 2.02. The molecule has 0 aliphatic heterocycles. The van der Waals surface area contributed by atoms with Gasteiger partial charge in [0.15, 0.2) is 0 Å². The molecule has 18 heavy (non-hydrogen) atoms. The van der Waals surface area contributed by atoms with E-state index >= 15 is 0 Å². The third-order valence-electron chi connectivity index (χ3n) is 2.45. The quantitative estimate of drug-likeness (QED) is 0.716. The van der Waals surface area contributed by atoms with Crippen molar-refractivity contribution in [1.82, 2.24) is 5.32 Å². The van der Waals surface area contributed by atoms with E-state index in [1.807, 2.05) is 31.2 Å². The lowest BCUT2D eigenvalue weighted by molar-refractivity contribution is -0.120. The summed E-state index contributed by atoms with van der Waals surface area (Å²) in [5, 5.41) is 2.86. The predicted octanol–water partition coefficient (Wildman–Crippen LogP) is 1.78. The van der Waals surface area contributed by atoms with Crippen LogP contribution in [-0.4, -0.2) is 32.8 Å². The van der Waals surface area contributed by atoms with Crippen LogP contribution in [0.5, 0.6) is 5.75 Å². The largest absolute Gasteiger partial charge is 0.494 e. The minimum atomic E-state index is 0.0373. The smallest absolute Gasteiger partial charge is 0.224 e. The van der Waals surface area contributed by atoms with E-state index in [9.17, 15) is 4.79 Å². The zero-order chi connectivity index (χ0) is 13.2. The van der Waals surface area contributed by atoms with Gasteiger partial charge in [-0.2, -0.15) is 0 Å². The summed E-state index contributed by atoms with van der Waals surface area (Å²) < 4.78 is 10.3. The van der Waals surface area contributed by atoms with Crippen LogP contribution in [0.4, 0.5) is 0 Å². The van der Waals surface area contributed by atoms with Gasteiger partial charge in [0.25, 0.3) is 0 Å². The number of hydrogen-bond acceptors (Lipinski definition) is 3. The van der Waals surface area contributed by atoms with Gasteiger partial charge in [0.1, 0.15) is 5.75 Å². The molecule has 0 bridgehead atoms. The van der Waals surface area contributed by atoms with Crippen molar-refractivity contribution >= 4 is 5.91 Å². The standard InChI is InChI=1S/C14H21NO3/c1-3-18-13-7-5-12(6-8-13)11-14(16)15-9-4-10-17-2/h5-8H,3-4,9-11H2,1-2H3,(H,15,16). The molecule has 4 heteroatoms. The molecule has 0 radical (unpaired) electrons. The van der Waals surface area contributed by atoms with Crippen molar-refractivity contribution in [3.8, 4) is 5.75 Å². The summed E-state index contributed by atoms with van der Waals surface area (Å²) >= 11 is 0. The summed E-state index contributed by atoms with van der Waals surface area (Å²) in [6.07, 6.45) is 1.24. The third kappa shape index (κ3) is 5.68. The van der Waals surface area contributed by atoms with Gasteiger partial charge in [-0.1, -0.05) is 12.1 Å². The first-order chi connectivity index (χ1) is 8.76. The van der Waals surface area contributed by atoms with Crippen molar-refractivity contribution in [2.75, 3.05) is 26.9 Å². The first kappa shape index (κ1) is 14.5. The van der Waals surface area contributed by atoms with Crippen LogP contribution in [0, 0.1) is 0 Å². The molecule has 0 atom stereocenters. The second-order valence-electron chi connectivity index (χ2n) is 3.95. The minimum absolute atomic E-state index is 0.0373. The SMILES string of the molecule is CCOc1ccc(CC(=O)NCCCOC)cc1. The van der Waals surface area contributed by atoms with Gasteiger partial charge in [-0.3, -0.25) is 4.79 Å². The van der Waals surface area contributed by atoms with E-state index in [0.29, 0.717) is 26.2 Å². The second-order valence-corrected chi connectivity index (χ2v) is 3.95. The molecule has 4 nitrogen and oxygen atoms in total. The van der Waals surface area contributed by atoms with Crippen LogP contribution in [0.2, 0.25) is 0 Å². The highest BCUT2D eigenvalue weighted by molar-refractivity contribution is 5.78. The van der Waals surface area contributed by atoms with Crippen molar-refractivity contribution < 1.29 is 14.3 Å². The van der Waals surface area contributed by atoms with Gasteiger partial charge in [-0.25, -0.2) is 0 Å². The van der Waals surface area contributed by atoms with Gasteiger partial charge in [-0.15, -0.1) is 0 Å². The molecule has 0 fully saturated rings. The molecular formula is C14H21NO3. The normalized spacial score (nSPS) is 10.1. The van der Waals surface area contributed by atoms with Crippen LogP contribution in [0.15, 0.2) is 24.3 Å². The van der Waals surface area contributed by atoms with Crippen LogP contribution < -0.4 is 10.1 Å². The van der Waals surface area contributed by atoms with E-state index in [1.54, 1.807) is 7.11 Å². The maximum absolute atomic E-state index is 11.6. The zero-order valence-corrected chi connectivity index (χ0v) is 11.1. The summed E-state index contributed by atoms with van der Waals surface area (Å²) in [6, 6.07) is 7.60. The lowest BCUT2D eigenvalue weighted by Gasteiger charge is -2.06. The van der Waals surface area contributed by atoms with Crippen LogP contribution in [-0.2, 0) is 16.0 Å². The van der Waals surface area contributed by atoms with Gasteiger partial charge < -0.3 is 14.8 Å². The van der Waals surface area contributed by atoms with Gasteiger partial charge >= 0.3 is 0 Å². The number of benzene rings is 1. The van der Waals surface area contributed by atoms with E-state index < -0.39 is 0 Å². The number of methoxy groups -OCH3 is 1. The van der Waals surface area contributed by atoms with Gasteiger partial charge in [-0.05, 0) is 31.0 Å².